The van der Waals surface area contributed by atoms with E-state index in [9.17, 15) is 8.42 Å². The van der Waals surface area contributed by atoms with Gasteiger partial charge < -0.3 is 9.47 Å². The van der Waals surface area contributed by atoms with E-state index in [-0.39, 0.29) is 9.92 Å². The fourth-order valence-corrected chi connectivity index (χ4v) is 3.75. The summed E-state index contributed by atoms with van der Waals surface area (Å²) in [5.41, 5.74) is 1.09. The van der Waals surface area contributed by atoms with E-state index in [1.54, 1.807) is 50.4 Å². The number of sulfone groups is 1. The van der Waals surface area contributed by atoms with E-state index in [2.05, 4.69) is 10.3 Å². The van der Waals surface area contributed by atoms with Crippen LogP contribution in [0.3, 0.4) is 0 Å². The largest absolute Gasteiger partial charge is 0.497 e. The molecule has 0 saturated carbocycles. The Morgan fingerprint density at radius 1 is 0.960 bits per heavy atom. The van der Waals surface area contributed by atoms with Crippen LogP contribution < -0.4 is 9.47 Å². The Kier molecular flexibility index (Phi) is 4.45. The molecule has 2 aromatic carbocycles. The van der Waals surface area contributed by atoms with Gasteiger partial charge >= 0.3 is 0 Å². The number of benzene rings is 2. The van der Waals surface area contributed by atoms with Crippen LogP contribution in [0.4, 0.5) is 0 Å². The van der Waals surface area contributed by atoms with Crippen LogP contribution in [-0.2, 0) is 9.84 Å². The van der Waals surface area contributed by atoms with Crippen LogP contribution in [-0.4, -0.2) is 37.6 Å². The number of hydrogen-bond acceptors (Lipinski definition) is 6. The zero-order valence-electron chi connectivity index (χ0n) is 14.0. The number of hydrogen-bond donors (Lipinski definition) is 0. The Morgan fingerprint density at radius 2 is 1.64 bits per heavy atom. The normalized spacial score (nSPS) is 11.3. The van der Waals surface area contributed by atoms with E-state index in [4.69, 9.17) is 9.47 Å². The Balaban J connectivity index is 2.04. The first-order valence-electron chi connectivity index (χ1n) is 7.43. The molecule has 0 aliphatic heterocycles. The summed E-state index contributed by atoms with van der Waals surface area (Å²) in [6.45, 7) is 1.66. The van der Waals surface area contributed by atoms with Crippen molar-refractivity contribution >= 4 is 9.84 Å². The number of ether oxygens (including phenoxy) is 2. The zero-order chi connectivity index (χ0) is 18.0. The molecule has 130 valence electrons. The van der Waals surface area contributed by atoms with Crippen molar-refractivity contribution in [3.8, 4) is 17.2 Å². The second kappa shape index (κ2) is 6.56. The van der Waals surface area contributed by atoms with Gasteiger partial charge in [-0.2, -0.15) is 0 Å². The summed E-state index contributed by atoms with van der Waals surface area (Å²) in [5.74, 6) is 1.22. The Bertz CT molecular complexity index is 995. The summed E-state index contributed by atoms with van der Waals surface area (Å²) in [4.78, 5) is 0.133. The number of aromatic nitrogens is 3. The van der Waals surface area contributed by atoms with Gasteiger partial charge in [0.25, 0.3) is 0 Å². The van der Waals surface area contributed by atoms with Crippen LogP contribution in [0.25, 0.3) is 5.69 Å². The van der Waals surface area contributed by atoms with Crippen molar-refractivity contribution in [2.45, 2.75) is 16.8 Å². The third-order valence-electron chi connectivity index (χ3n) is 3.77. The summed E-state index contributed by atoms with van der Waals surface area (Å²) in [5, 5.41) is 7.80. The van der Waals surface area contributed by atoms with Crippen LogP contribution in [0.1, 0.15) is 5.69 Å². The quantitative estimate of drug-likeness (QED) is 0.696. The van der Waals surface area contributed by atoms with Gasteiger partial charge in [-0.3, -0.25) is 0 Å². The molecule has 0 saturated heterocycles. The van der Waals surface area contributed by atoms with Crippen molar-refractivity contribution in [3.05, 3.63) is 54.2 Å². The molecule has 0 unspecified atom stereocenters. The van der Waals surface area contributed by atoms with Crippen molar-refractivity contribution in [2.75, 3.05) is 14.2 Å². The van der Waals surface area contributed by atoms with Crippen molar-refractivity contribution in [3.63, 3.8) is 0 Å². The predicted octanol–water partition coefficient (Wildman–Crippen LogP) is 2.43. The van der Waals surface area contributed by atoms with Crippen LogP contribution >= 0.6 is 0 Å². The minimum atomic E-state index is -3.78. The highest BCUT2D eigenvalue weighted by Crippen LogP contribution is 2.25. The maximum atomic E-state index is 12.8. The molecule has 0 radical (unpaired) electrons. The molecular weight excluding hydrogens is 342 g/mol. The molecule has 7 nitrogen and oxygen atoms in total. The third-order valence-corrected chi connectivity index (χ3v) is 5.55. The Labute approximate surface area is 145 Å². The SMILES string of the molecule is COc1ccc(S(=O)(=O)c2nnn(-c3cccc(OC)c3)c2C)cc1. The first-order chi connectivity index (χ1) is 12.0. The highest BCUT2D eigenvalue weighted by atomic mass is 32.2. The van der Waals surface area contributed by atoms with Gasteiger partial charge in [-0.15, -0.1) is 5.10 Å². The van der Waals surface area contributed by atoms with Crippen molar-refractivity contribution < 1.29 is 17.9 Å². The van der Waals surface area contributed by atoms with E-state index in [1.807, 2.05) is 0 Å². The molecule has 3 rings (SSSR count). The van der Waals surface area contributed by atoms with Gasteiger partial charge in [0.2, 0.25) is 14.9 Å². The minimum Gasteiger partial charge on any atom is -0.497 e. The third kappa shape index (κ3) is 3.08. The molecule has 0 aliphatic rings. The standard InChI is InChI=1S/C17H17N3O4S/c1-12-17(25(21,22)16-9-7-14(23-2)8-10-16)18-19-20(12)13-5-4-6-15(11-13)24-3/h4-11H,1-3H3. The maximum absolute atomic E-state index is 12.8. The average molecular weight is 359 g/mol. The fraction of sp³-hybridized carbons (Fsp3) is 0.176. The molecule has 0 N–H and O–H groups in total. The molecule has 0 aliphatic carbocycles. The Hall–Kier alpha value is -2.87. The lowest BCUT2D eigenvalue weighted by Gasteiger charge is -2.07. The fourth-order valence-electron chi connectivity index (χ4n) is 2.42. The minimum absolute atomic E-state index is 0.0829. The number of nitrogens with zero attached hydrogens (tertiary/aromatic N) is 3. The van der Waals surface area contributed by atoms with Crippen LogP contribution in [0.2, 0.25) is 0 Å². The van der Waals surface area contributed by atoms with Crippen molar-refractivity contribution in [1.29, 1.82) is 0 Å². The first kappa shape index (κ1) is 17.0. The van der Waals surface area contributed by atoms with Gasteiger partial charge in [-0.1, -0.05) is 11.3 Å². The molecule has 8 heteroatoms. The van der Waals surface area contributed by atoms with Gasteiger partial charge in [0.15, 0.2) is 0 Å². The van der Waals surface area contributed by atoms with E-state index < -0.39 is 9.84 Å². The number of methoxy groups -OCH3 is 2. The summed E-state index contributed by atoms with van der Waals surface area (Å²) < 4.78 is 37.4. The second-order valence-corrected chi connectivity index (χ2v) is 7.14. The molecule has 0 spiro atoms. The molecule has 0 atom stereocenters. The monoisotopic (exact) mass is 359 g/mol. The Morgan fingerprint density at radius 3 is 2.28 bits per heavy atom. The van der Waals surface area contributed by atoms with E-state index in [0.717, 1.165) is 0 Å². The van der Waals surface area contributed by atoms with Crippen molar-refractivity contribution in [1.82, 2.24) is 15.0 Å². The highest BCUT2D eigenvalue weighted by molar-refractivity contribution is 7.91. The summed E-state index contributed by atoms with van der Waals surface area (Å²) in [7, 11) is -0.695. The van der Waals surface area contributed by atoms with Gasteiger partial charge in [0.1, 0.15) is 11.5 Å². The van der Waals surface area contributed by atoms with E-state index >= 15 is 0 Å². The molecule has 1 heterocycles. The van der Waals surface area contributed by atoms with Crippen LogP contribution in [0.15, 0.2) is 58.5 Å². The van der Waals surface area contributed by atoms with E-state index in [0.29, 0.717) is 22.9 Å². The molecule has 0 bridgehead atoms. The predicted molar refractivity (Wildman–Crippen MR) is 91.1 cm³/mol. The molecule has 25 heavy (non-hydrogen) atoms. The smallest absolute Gasteiger partial charge is 0.227 e. The van der Waals surface area contributed by atoms with Crippen molar-refractivity contribution in [2.24, 2.45) is 0 Å². The van der Waals surface area contributed by atoms with Gasteiger partial charge in [0, 0.05) is 6.07 Å². The summed E-state index contributed by atoms with van der Waals surface area (Å²) in [6.07, 6.45) is 0. The van der Waals surface area contributed by atoms with Gasteiger partial charge in [-0.25, -0.2) is 13.1 Å². The molecule has 1 aromatic heterocycles. The van der Waals surface area contributed by atoms with Gasteiger partial charge in [0.05, 0.1) is 30.5 Å². The van der Waals surface area contributed by atoms with Gasteiger partial charge in [-0.05, 0) is 43.3 Å². The lowest BCUT2D eigenvalue weighted by molar-refractivity contribution is 0.414. The first-order valence-corrected chi connectivity index (χ1v) is 8.91. The lowest BCUT2D eigenvalue weighted by Crippen LogP contribution is -2.06. The molecular formula is C17H17N3O4S. The van der Waals surface area contributed by atoms with E-state index in [1.165, 1.54) is 23.9 Å². The lowest BCUT2D eigenvalue weighted by atomic mass is 10.3. The zero-order valence-corrected chi connectivity index (χ0v) is 14.8. The maximum Gasteiger partial charge on any atom is 0.227 e. The van der Waals surface area contributed by atoms with Crippen LogP contribution in [0.5, 0.6) is 11.5 Å². The molecule has 3 aromatic rings. The topological polar surface area (TPSA) is 83.3 Å². The summed E-state index contributed by atoms with van der Waals surface area (Å²) >= 11 is 0. The highest BCUT2D eigenvalue weighted by Gasteiger charge is 2.26. The summed E-state index contributed by atoms with van der Waals surface area (Å²) in [6, 6.07) is 13.3. The average Bonchev–Trinajstić information content (AvgIpc) is 3.04. The molecule has 0 fully saturated rings. The second-order valence-electron chi connectivity index (χ2n) is 5.27. The molecule has 0 amide bonds. The number of rotatable bonds is 5. The van der Waals surface area contributed by atoms with Crippen LogP contribution in [0, 0.1) is 6.92 Å².